The first kappa shape index (κ1) is 33.3. The number of anilines is 2. The van der Waals surface area contributed by atoms with Crippen LogP contribution in [0.5, 0.6) is 0 Å². The van der Waals surface area contributed by atoms with E-state index in [-0.39, 0.29) is 23.8 Å². The predicted molar refractivity (Wildman–Crippen MR) is 192 cm³/mol. The fourth-order valence-corrected chi connectivity index (χ4v) is 8.11. The van der Waals surface area contributed by atoms with Crippen molar-refractivity contribution in [2.45, 2.75) is 82.7 Å². The molecule has 2 heterocycles. The Morgan fingerprint density at radius 1 is 1.02 bits per heavy atom. The highest BCUT2D eigenvalue weighted by molar-refractivity contribution is 7.98. The number of hydrogen-bond acceptors (Lipinski definition) is 6. The average Bonchev–Trinajstić information content (AvgIpc) is 3.40. The van der Waals surface area contributed by atoms with Crippen LogP contribution in [0.3, 0.4) is 0 Å². The summed E-state index contributed by atoms with van der Waals surface area (Å²) in [5, 5.41) is 7.41. The van der Waals surface area contributed by atoms with Crippen LogP contribution in [0.2, 0.25) is 5.02 Å². The van der Waals surface area contributed by atoms with Crippen molar-refractivity contribution >= 4 is 41.0 Å². The first-order chi connectivity index (χ1) is 22.8. The van der Waals surface area contributed by atoms with Crippen molar-refractivity contribution in [2.75, 3.05) is 30.1 Å². The highest BCUT2D eigenvalue weighted by atomic mass is 35.5. The van der Waals surface area contributed by atoms with E-state index in [0.717, 1.165) is 73.0 Å². The van der Waals surface area contributed by atoms with E-state index in [1.165, 1.54) is 30.2 Å². The van der Waals surface area contributed by atoms with Crippen LogP contribution in [-0.2, 0) is 25.1 Å². The summed E-state index contributed by atoms with van der Waals surface area (Å²) in [5.41, 5.74) is 6.71. The molecule has 0 unspecified atom stereocenters. The van der Waals surface area contributed by atoms with Crippen molar-refractivity contribution in [3.8, 4) is 11.3 Å². The fraction of sp³-hybridized carbons (Fsp3) is 0.432. The molecule has 0 aliphatic heterocycles. The van der Waals surface area contributed by atoms with Crippen molar-refractivity contribution in [1.82, 2.24) is 19.9 Å². The second-order valence-electron chi connectivity index (χ2n) is 12.9. The van der Waals surface area contributed by atoms with Crippen LogP contribution >= 0.6 is 23.4 Å². The third kappa shape index (κ3) is 7.78. The number of halogens is 2. The molecule has 4 aromatic rings. The summed E-state index contributed by atoms with van der Waals surface area (Å²) in [7, 11) is 4.11. The smallest absolute Gasteiger partial charge is 0.253 e. The van der Waals surface area contributed by atoms with Crippen molar-refractivity contribution in [1.29, 1.82) is 0 Å². The number of fused-ring (bicyclic) bond motifs is 1. The zero-order chi connectivity index (χ0) is 32.9. The van der Waals surface area contributed by atoms with Gasteiger partial charge in [0.1, 0.15) is 11.6 Å². The molecular formula is C37H44ClFN6OS. The zero-order valence-electron chi connectivity index (χ0n) is 27.5. The van der Waals surface area contributed by atoms with Gasteiger partial charge in [-0.25, -0.2) is 9.37 Å². The number of amides is 1. The van der Waals surface area contributed by atoms with Crippen LogP contribution in [0.1, 0.15) is 71.4 Å². The number of aryl methyl sites for hydroxylation is 1. The van der Waals surface area contributed by atoms with E-state index in [0.29, 0.717) is 28.4 Å². The van der Waals surface area contributed by atoms with Gasteiger partial charge in [-0.3, -0.25) is 4.79 Å². The van der Waals surface area contributed by atoms with Crippen molar-refractivity contribution in [3.63, 3.8) is 0 Å². The average molecular weight is 675 g/mol. The number of nitrogens with zero attached hydrogens (tertiary/aromatic N) is 4. The summed E-state index contributed by atoms with van der Waals surface area (Å²) in [6.45, 7) is 2.71. The standard InChI is InChI=1S/C37H44ClFN6OS/c1-24-29(22-34(25-10-5-4-6-11-25)45(24)20-21-47-23-30-31(38)13-9-14-32(30)39)36(46)40-26-16-18-27(19-17-26)41-37-42-33-15-8-7-12-28(33)35(43-37)44(2)3/h4-6,9-11,13-14,22,26-27H,7-8,12,15-21,23H2,1-3H3,(H,40,46)(H,41,42,43)/t26-,27+. The Labute approximate surface area is 286 Å². The number of thioether (sulfide) groups is 1. The van der Waals surface area contributed by atoms with Gasteiger partial charge in [0.05, 0.1) is 11.3 Å². The first-order valence-electron chi connectivity index (χ1n) is 16.7. The Bertz CT molecular complexity index is 1680. The summed E-state index contributed by atoms with van der Waals surface area (Å²) in [6.07, 6.45) is 8.13. The van der Waals surface area contributed by atoms with Gasteiger partial charge in [0.15, 0.2) is 0 Å². The second kappa shape index (κ2) is 15.1. The Morgan fingerprint density at radius 2 is 1.77 bits per heavy atom. The number of hydrogen-bond donors (Lipinski definition) is 2. The summed E-state index contributed by atoms with van der Waals surface area (Å²) < 4.78 is 16.5. The quantitative estimate of drug-likeness (QED) is 0.157. The van der Waals surface area contributed by atoms with Gasteiger partial charge in [-0.2, -0.15) is 16.7 Å². The molecule has 2 aliphatic carbocycles. The van der Waals surface area contributed by atoms with Crippen molar-refractivity contribution in [2.24, 2.45) is 0 Å². The molecule has 0 spiro atoms. The van der Waals surface area contributed by atoms with Crippen LogP contribution in [0.25, 0.3) is 11.3 Å². The number of carbonyl (C=O) groups is 1. The molecule has 0 radical (unpaired) electrons. The Morgan fingerprint density at radius 3 is 2.51 bits per heavy atom. The van der Waals surface area contributed by atoms with Crippen molar-refractivity contribution in [3.05, 3.63) is 93.5 Å². The van der Waals surface area contributed by atoms with Gasteiger partial charge < -0.3 is 20.1 Å². The van der Waals surface area contributed by atoms with E-state index in [1.807, 2.05) is 31.2 Å². The minimum atomic E-state index is -0.277. The van der Waals surface area contributed by atoms with Crippen molar-refractivity contribution < 1.29 is 9.18 Å². The largest absolute Gasteiger partial charge is 0.362 e. The van der Waals surface area contributed by atoms with E-state index in [1.54, 1.807) is 23.9 Å². The molecule has 0 saturated heterocycles. The maximum Gasteiger partial charge on any atom is 0.253 e. The number of benzene rings is 2. The van der Waals surface area contributed by atoms with Gasteiger partial charge in [-0.05, 0) is 82.1 Å². The Balaban J connectivity index is 1.09. The molecule has 248 valence electrons. The lowest BCUT2D eigenvalue weighted by molar-refractivity contribution is 0.0926. The second-order valence-corrected chi connectivity index (χ2v) is 14.4. The number of aromatic nitrogens is 3. The van der Waals surface area contributed by atoms with Gasteiger partial charge in [0.25, 0.3) is 5.91 Å². The molecule has 2 aromatic carbocycles. The van der Waals surface area contributed by atoms with Crippen LogP contribution in [-0.4, -0.2) is 52.4 Å². The Kier molecular flexibility index (Phi) is 10.7. The van der Waals surface area contributed by atoms with Gasteiger partial charge in [-0.1, -0.05) is 48.0 Å². The molecule has 10 heteroatoms. The maximum atomic E-state index is 14.3. The molecule has 1 amide bonds. The van der Waals surface area contributed by atoms with Crippen LogP contribution in [0.15, 0.2) is 54.6 Å². The van der Waals surface area contributed by atoms with E-state index >= 15 is 0 Å². The molecule has 2 N–H and O–H groups in total. The molecular weight excluding hydrogens is 631 g/mol. The summed E-state index contributed by atoms with van der Waals surface area (Å²) in [4.78, 5) is 25.6. The van der Waals surface area contributed by atoms with E-state index in [9.17, 15) is 9.18 Å². The SMILES string of the molecule is Cc1c(C(=O)N[C@H]2CC[C@@H](Nc3nc4c(c(N(C)C)n3)CCCC4)CC2)cc(-c2ccccc2)n1CCSCc1c(F)cccc1Cl. The lowest BCUT2D eigenvalue weighted by Gasteiger charge is -2.30. The monoisotopic (exact) mass is 674 g/mol. The molecule has 7 nitrogen and oxygen atoms in total. The molecule has 0 bridgehead atoms. The predicted octanol–water partition coefficient (Wildman–Crippen LogP) is 8.08. The van der Waals surface area contributed by atoms with Gasteiger partial charge in [0, 0.05) is 71.8 Å². The molecule has 1 saturated carbocycles. The number of carbonyl (C=O) groups excluding carboxylic acids is 1. The van der Waals surface area contributed by atoms with Gasteiger partial charge in [-0.15, -0.1) is 0 Å². The minimum Gasteiger partial charge on any atom is -0.362 e. The van der Waals surface area contributed by atoms with E-state index in [2.05, 4.69) is 46.3 Å². The number of nitrogens with one attached hydrogen (secondary N) is 2. The third-order valence-electron chi connectivity index (χ3n) is 9.43. The highest BCUT2D eigenvalue weighted by Gasteiger charge is 2.27. The molecule has 2 aliphatic rings. The summed E-state index contributed by atoms with van der Waals surface area (Å²) >= 11 is 7.88. The highest BCUT2D eigenvalue weighted by Crippen LogP contribution is 2.31. The lowest BCUT2D eigenvalue weighted by Crippen LogP contribution is -2.40. The molecule has 0 atom stereocenters. The molecule has 1 fully saturated rings. The maximum absolute atomic E-state index is 14.3. The summed E-state index contributed by atoms with van der Waals surface area (Å²) in [6, 6.07) is 17.4. The van der Waals surface area contributed by atoms with E-state index < -0.39 is 0 Å². The van der Waals surface area contributed by atoms with Gasteiger partial charge in [0.2, 0.25) is 5.95 Å². The number of rotatable bonds is 11. The summed E-state index contributed by atoms with van der Waals surface area (Å²) in [5.74, 6) is 2.69. The minimum absolute atomic E-state index is 0.0331. The van der Waals surface area contributed by atoms with E-state index in [4.69, 9.17) is 21.6 Å². The first-order valence-corrected chi connectivity index (χ1v) is 18.2. The normalized spacial score (nSPS) is 17.6. The van der Waals surface area contributed by atoms with Crippen LogP contribution in [0.4, 0.5) is 16.2 Å². The molecule has 2 aromatic heterocycles. The van der Waals surface area contributed by atoms with Crippen LogP contribution < -0.4 is 15.5 Å². The molecule has 6 rings (SSSR count). The third-order valence-corrected chi connectivity index (χ3v) is 10.7. The van der Waals surface area contributed by atoms with Gasteiger partial charge >= 0.3 is 0 Å². The fourth-order valence-electron chi connectivity index (χ4n) is 6.85. The molecule has 47 heavy (non-hydrogen) atoms. The van der Waals surface area contributed by atoms with Crippen LogP contribution in [0, 0.1) is 12.7 Å². The lowest BCUT2D eigenvalue weighted by atomic mass is 9.91. The zero-order valence-corrected chi connectivity index (χ0v) is 29.1. The Hall–Kier alpha value is -3.56. The topological polar surface area (TPSA) is 75.1 Å².